The maximum absolute atomic E-state index is 12.6. The summed E-state index contributed by atoms with van der Waals surface area (Å²) >= 11 is 0. The summed E-state index contributed by atoms with van der Waals surface area (Å²) in [4.78, 5) is 28.3. The molecule has 1 amide bonds. The molecule has 8 heteroatoms. The lowest BCUT2D eigenvalue weighted by molar-refractivity contribution is -0.142. The van der Waals surface area contributed by atoms with Crippen LogP contribution in [0, 0.1) is 12.8 Å². The summed E-state index contributed by atoms with van der Waals surface area (Å²) in [5, 5.41) is 9.06. The summed E-state index contributed by atoms with van der Waals surface area (Å²) in [5.74, 6) is -2.13. The minimum atomic E-state index is -4.57. The third-order valence-corrected chi connectivity index (χ3v) is 3.94. The summed E-state index contributed by atoms with van der Waals surface area (Å²) < 4.78 is 37.7. The number of pyridine rings is 1. The van der Waals surface area contributed by atoms with E-state index in [2.05, 4.69) is 4.98 Å². The molecule has 1 aromatic rings. The molecule has 1 aromatic heterocycles. The van der Waals surface area contributed by atoms with Gasteiger partial charge < -0.3 is 10.0 Å². The Kier molecular flexibility index (Phi) is 4.12. The van der Waals surface area contributed by atoms with Gasteiger partial charge in [-0.25, -0.2) is 4.98 Å². The number of aliphatic carboxylic acids is 1. The van der Waals surface area contributed by atoms with E-state index in [0.29, 0.717) is 6.42 Å². The van der Waals surface area contributed by atoms with Gasteiger partial charge >= 0.3 is 12.1 Å². The molecule has 0 bridgehead atoms. The lowest BCUT2D eigenvalue weighted by Crippen LogP contribution is -2.38. The predicted molar refractivity (Wildman–Crippen MR) is 70.2 cm³/mol. The van der Waals surface area contributed by atoms with E-state index in [1.54, 1.807) is 6.92 Å². The minimum Gasteiger partial charge on any atom is -0.481 e. The van der Waals surface area contributed by atoms with E-state index in [0.717, 1.165) is 12.1 Å². The second kappa shape index (κ2) is 5.58. The number of hydrogen-bond donors (Lipinski definition) is 1. The van der Waals surface area contributed by atoms with E-state index in [4.69, 9.17) is 5.11 Å². The minimum absolute atomic E-state index is 0.0224. The van der Waals surface area contributed by atoms with Crippen LogP contribution >= 0.6 is 0 Å². The molecule has 0 aliphatic carbocycles. The fraction of sp³-hybridized carbons (Fsp3) is 0.500. The van der Waals surface area contributed by atoms with Crippen molar-refractivity contribution < 1.29 is 27.9 Å². The van der Waals surface area contributed by atoms with E-state index < -0.39 is 35.7 Å². The molecule has 1 aliphatic heterocycles. The zero-order chi connectivity index (χ0) is 16.7. The molecule has 2 heterocycles. The first kappa shape index (κ1) is 16.3. The average molecular weight is 316 g/mol. The van der Waals surface area contributed by atoms with Gasteiger partial charge in [0.25, 0.3) is 5.91 Å². The number of nitrogens with zero attached hydrogens (tertiary/aromatic N) is 2. The van der Waals surface area contributed by atoms with Gasteiger partial charge in [0, 0.05) is 12.6 Å². The molecule has 2 unspecified atom stereocenters. The Morgan fingerprint density at radius 2 is 2.00 bits per heavy atom. The van der Waals surface area contributed by atoms with Gasteiger partial charge in [-0.15, -0.1) is 0 Å². The lowest BCUT2D eigenvalue weighted by atomic mass is 10.0. The highest BCUT2D eigenvalue weighted by Crippen LogP contribution is 2.30. The second-order valence-electron chi connectivity index (χ2n) is 5.30. The van der Waals surface area contributed by atoms with Crippen molar-refractivity contribution in [2.75, 3.05) is 6.54 Å². The summed E-state index contributed by atoms with van der Waals surface area (Å²) in [6.45, 7) is 3.21. The summed E-state index contributed by atoms with van der Waals surface area (Å²) in [7, 11) is 0. The molecule has 2 atom stereocenters. The van der Waals surface area contributed by atoms with Crippen LogP contribution in [0.5, 0.6) is 0 Å². The van der Waals surface area contributed by atoms with Gasteiger partial charge in [-0.05, 0) is 32.4 Å². The highest BCUT2D eigenvalue weighted by Gasteiger charge is 2.39. The SMILES string of the molecule is Cc1nc(C(F)(F)F)ccc1C(=O)N1CCC(C(=O)O)C1C. The van der Waals surface area contributed by atoms with Crippen LogP contribution in [0.25, 0.3) is 0 Å². The Morgan fingerprint density at radius 3 is 2.45 bits per heavy atom. The molecule has 0 spiro atoms. The number of amides is 1. The number of alkyl halides is 3. The van der Waals surface area contributed by atoms with Crippen LogP contribution in [0.2, 0.25) is 0 Å². The van der Waals surface area contributed by atoms with Crippen LogP contribution < -0.4 is 0 Å². The first-order valence-electron chi connectivity index (χ1n) is 6.71. The van der Waals surface area contributed by atoms with Gasteiger partial charge in [0.1, 0.15) is 5.69 Å². The summed E-state index contributed by atoms with van der Waals surface area (Å²) in [5.41, 5.74) is -1.02. The molecular weight excluding hydrogens is 301 g/mol. The maximum atomic E-state index is 12.6. The van der Waals surface area contributed by atoms with Crippen molar-refractivity contribution in [1.29, 1.82) is 0 Å². The fourth-order valence-corrected chi connectivity index (χ4v) is 2.66. The molecule has 1 saturated heterocycles. The highest BCUT2D eigenvalue weighted by atomic mass is 19.4. The van der Waals surface area contributed by atoms with Gasteiger partial charge in [0.2, 0.25) is 0 Å². The van der Waals surface area contributed by atoms with Gasteiger partial charge in [-0.2, -0.15) is 13.2 Å². The van der Waals surface area contributed by atoms with E-state index in [9.17, 15) is 22.8 Å². The van der Waals surface area contributed by atoms with Crippen molar-refractivity contribution in [1.82, 2.24) is 9.88 Å². The zero-order valence-corrected chi connectivity index (χ0v) is 12.0. The van der Waals surface area contributed by atoms with E-state index >= 15 is 0 Å². The number of aromatic nitrogens is 1. The fourth-order valence-electron chi connectivity index (χ4n) is 2.66. The smallest absolute Gasteiger partial charge is 0.433 e. The largest absolute Gasteiger partial charge is 0.481 e. The van der Waals surface area contributed by atoms with Crippen molar-refractivity contribution in [3.63, 3.8) is 0 Å². The number of rotatable bonds is 2. The molecule has 120 valence electrons. The lowest BCUT2D eigenvalue weighted by Gasteiger charge is -2.24. The molecule has 0 radical (unpaired) electrons. The van der Waals surface area contributed by atoms with Gasteiger partial charge in [-0.1, -0.05) is 0 Å². The number of carboxylic acid groups (broad SMARTS) is 1. The van der Waals surface area contributed by atoms with Gasteiger partial charge in [0.05, 0.1) is 17.2 Å². The molecule has 1 aliphatic rings. The van der Waals surface area contributed by atoms with Crippen molar-refractivity contribution in [2.45, 2.75) is 32.5 Å². The highest BCUT2D eigenvalue weighted by molar-refractivity contribution is 5.96. The number of carbonyl (C=O) groups excluding carboxylic acids is 1. The number of carboxylic acids is 1. The molecule has 1 N–H and O–H groups in total. The molecule has 2 rings (SSSR count). The Hall–Kier alpha value is -2.12. The first-order valence-corrected chi connectivity index (χ1v) is 6.71. The normalized spacial score (nSPS) is 22.0. The molecule has 22 heavy (non-hydrogen) atoms. The monoisotopic (exact) mass is 316 g/mol. The first-order chi connectivity index (χ1) is 10.1. The average Bonchev–Trinajstić information content (AvgIpc) is 2.78. The van der Waals surface area contributed by atoms with E-state index in [-0.39, 0.29) is 17.8 Å². The standard InChI is InChI=1S/C14H15F3N2O3/c1-7-9(3-4-11(18-7)14(15,16)17)12(20)19-6-5-10(8(19)2)13(21)22/h3-4,8,10H,5-6H2,1-2H3,(H,21,22). The van der Waals surface area contributed by atoms with Crippen LogP contribution in [0.4, 0.5) is 13.2 Å². The Labute approximate surface area is 124 Å². The van der Waals surface area contributed by atoms with Crippen LogP contribution in [0.15, 0.2) is 12.1 Å². The van der Waals surface area contributed by atoms with Crippen LogP contribution in [0.1, 0.15) is 35.1 Å². The Bertz CT molecular complexity index is 616. The van der Waals surface area contributed by atoms with Crippen LogP contribution in [0.3, 0.4) is 0 Å². The van der Waals surface area contributed by atoms with Crippen molar-refractivity contribution >= 4 is 11.9 Å². The van der Waals surface area contributed by atoms with E-state index in [1.807, 2.05) is 0 Å². The number of likely N-dealkylation sites (tertiary alicyclic amines) is 1. The Morgan fingerprint density at radius 1 is 1.36 bits per heavy atom. The quantitative estimate of drug-likeness (QED) is 0.909. The molecule has 0 aromatic carbocycles. The maximum Gasteiger partial charge on any atom is 0.433 e. The second-order valence-corrected chi connectivity index (χ2v) is 5.30. The van der Waals surface area contributed by atoms with Crippen molar-refractivity contribution in [3.05, 3.63) is 29.1 Å². The number of hydrogen-bond acceptors (Lipinski definition) is 3. The number of halogens is 3. The van der Waals surface area contributed by atoms with Gasteiger partial charge in [-0.3, -0.25) is 9.59 Å². The Balaban J connectivity index is 2.26. The van der Waals surface area contributed by atoms with Crippen LogP contribution in [-0.2, 0) is 11.0 Å². The molecular formula is C14H15F3N2O3. The molecule has 1 fully saturated rings. The summed E-state index contributed by atoms with van der Waals surface area (Å²) in [6.07, 6.45) is -4.24. The van der Waals surface area contributed by atoms with Gasteiger partial charge in [0.15, 0.2) is 0 Å². The molecule has 0 saturated carbocycles. The van der Waals surface area contributed by atoms with Crippen molar-refractivity contribution in [3.8, 4) is 0 Å². The van der Waals surface area contributed by atoms with E-state index in [1.165, 1.54) is 11.8 Å². The zero-order valence-electron chi connectivity index (χ0n) is 12.0. The third kappa shape index (κ3) is 2.90. The molecule has 5 nitrogen and oxygen atoms in total. The number of aryl methyl sites for hydroxylation is 1. The predicted octanol–water partition coefficient (Wildman–Crippen LogP) is 2.34. The number of carbonyl (C=O) groups is 2. The van der Waals surface area contributed by atoms with Crippen LogP contribution in [-0.4, -0.2) is 39.5 Å². The third-order valence-electron chi connectivity index (χ3n) is 3.94. The summed E-state index contributed by atoms with van der Waals surface area (Å²) in [6, 6.07) is 1.34. The topological polar surface area (TPSA) is 70.5 Å². The van der Waals surface area contributed by atoms with Crippen molar-refractivity contribution in [2.24, 2.45) is 5.92 Å².